The van der Waals surface area contributed by atoms with Crippen molar-refractivity contribution in [2.75, 3.05) is 19.8 Å². The lowest BCUT2D eigenvalue weighted by Gasteiger charge is -2.20. The predicted octanol–water partition coefficient (Wildman–Crippen LogP) is 3.24. The van der Waals surface area contributed by atoms with Crippen LogP contribution < -0.4 is 15.2 Å². The summed E-state index contributed by atoms with van der Waals surface area (Å²) in [6.45, 7) is 6.35. The van der Waals surface area contributed by atoms with E-state index in [9.17, 15) is 0 Å². The second kappa shape index (κ2) is 5.93. The SMILES string of the molecule is CCc1c(C(C)CN)cc(Br)c2c1OCCCO2. The second-order valence-electron chi connectivity index (χ2n) is 4.63. The molecule has 0 aliphatic carbocycles. The first-order valence-electron chi connectivity index (χ1n) is 6.50. The summed E-state index contributed by atoms with van der Waals surface area (Å²) in [6.07, 6.45) is 1.85. The average Bonchev–Trinajstić information content (AvgIpc) is 2.63. The Balaban J connectivity index is 2.57. The van der Waals surface area contributed by atoms with E-state index in [1.54, 1.807) is 0 Å². The number of nitrogens with two attached hydrogens (primary N) is 1. The maximum atomic E-state index is 5.89. The monoisotopic (exact) mass is 313 g/mol. The first-order chi connectivity index (χ1) is 8.69. The van der Waals surface area contributed by atoms with Crippen molar-refractivity contribution in [3.05, 3.63) is 21.7 Å². The van der Waals surface area contributed by atoms with Gasteiger partial charge in [-0.2, -0.15) is 0 Å². The molecule has 1 atom stereocenters. The van der Waals surface area contributed by atoms with Gasteiger partial charge >= 0.3 is 0 Å². The van der Waals surface area contributed by atoms with E-state index in [0.717, 1.165) is 28.8 Å². The van der Waals surface area contributed by atoms with Gasteiger partial charge in [-0.15, -0.1) is 0 Å². The van der Waals surface area contributed by atoms with Gasteiger partial charge < -0.3 is 15.2 Å². The summed E-state index contributed by atoms with van der Waals surface area (Å²) in [5.41, 5.74) is 8.29. The van der Waals surface area contributed by atoms with Gasteiger partial charge in [-0.25, -0.2) is 0 Å². The summed E-state index contributed by atoms with van der Waals surface area (Å²) >= 11 is 3.58. The number of hydrogen-bond acceptors (Lipinski definition) is 3. The van der Waals surface area contributed by atoms with Gasteiger partial charge in [-0.3, -0.25) is 0 Å². The third kappa shape index (κ3) is 2.50. The van der Waals surface area contributed by atoms with Crippen molar-refractivity contribution in [2.45, 2.75) is 32.6 Å². The van der Waals surface area contributed by atoms with Crippen LogP contribution in [-0.2, 0) is 6.42 Å². The molecular formula is C14H20BrNO2. The maximum Gasteiger partial charge on any atom is 0.175 e. The third-order valence-corrected chi connectivity index (χ3v) is 3.94. The Kier molecular flexibility index (Phi) is 4.51. The summed E-state index contributed by atoms with van der Waals surface area (Å²) in [5.74, 6) is 2.07. The second-order valence-corrected chi connectivity index (χ2v) is 5.48. The molecule has 2 N–H and O–H groups in total. The Bertz CT molecular complexity index is 434. The van der Waals surface area contributed by atoms with Crippen LogP contribution in [0, 0.1) is 0 Å². The molecular weight excluding hydrogens is 294 g/mol. The number of ether oxygens (including phenoxy) is 2. The van der Waals surface area contributed by atoms with Crippen LogP contribution in [0.4, 0.5) is 0 Å². The zero-order valence-electron chi connectivity index (χ0n) is 11.0. The summed E-state index contributed by atoms with van der Waals surface area (Å²) in [4.78, 5) is 0. The van der Waals surface area contributed by atoms with E-state index < -0.39 is 0 Å². The molecule has 100 valence electrons. The quantitative estimate of drug-likeness (QED) is 0.931. The minimum absolute atomic E-state index is 0.327. The molecule has 1 aliphatic rings. The van der Waals surface area contributed by atoms with E-state index in [-0.39, 0.29) is 0 Å². The highest BCUT2D eigenvalue weighted by Gasteiger charge is 2.22. The number of halogens is 1. The largest absolute Gasteiger partial charge is 0.489 e. The normalized spacial score (nSPS) is 16.2. The molecule has 1 unspecified atom stereocenters. The first-order valence-corrected chi connectivity index (χ1v) is 7.29. The van der Waals surface area contributed by atoms with Gasteiger partial charge in [0.2, 0.25) is 0 Å². The zero-order chi connectivity index (χ0) is 13.1. The molecule has 1 heterocycles. The van der Waals surface area contributed by atoms with Crippen LogP contribution in [0.2, 0.25) is 0 Å². The molecule has 1 aromatic carbocycles. The van der Waals surface area contributed by atoms with Crippen molar-refractivity contribution in [2.24, 2.45) is 5.73 Å². The lowest BCUT2D eigenvalue weighted by Crippen LogP contribution is -2.12. The Hall–Kier alpha value is -0.740. The van der Waals surface area contributed by atoms with Crippen molar-refractivity contribution in [1.29, 1.82) is 0 Å². The van der Waals surface area contributed by atoms with E-state index in [1.165, 1.54) is 11.1 Å². The molecule has 18 heavy (non-hydrogen) atoms. The Morgan fingerprint density at radius 2 is 2.00 bits per heavy atom. The average molecular weight is 314 g/mol. The molecule has 3 nitrogen and oxygen atoms in total. The van der Waals surface area contributed by atoms with E-state index >= 15 is 0 Å². The summed E-state index contributed by atoms with van der Waals surface area (Å²) < 4.78 is 12.6. The van der Waals surface area contributed by atoms with Crippen LogP contribution in [0.5, 0.6) is 11.5 Å². The van der Waals surface area contributed by atoms with Crippen LogP contribution in [-0.4, -0.2) is 19.8 Å². The fourth-order valence-electron chi connectivity index (χ4n) is 2.29. The van der Waals surface area contributed by atoms with E-state index in [1.807, 2.05) is 0 Å². The van der Waals surface area contributed by atoms with Crippen molar-refractivity contribution in [3.63, 3.8) is 0 Å². The van der Waals surface area contributed by atoms with Crippen molar-refractivity contribution < 1.29 is 9.47 Å². The van der Waals surface area contributed by atoms with E-state index in [4.69, 9.17) is 15.2 Å². The lowest BCUT2D eigenvalue weighted by molar-refractivity contribution is 0.295. The van der Waals surface area contributed by atoms with Gasteiger partial charge in [0.05, 0.1) is 17.7 Å². The topological polar surface area (TPSA) is 44.5 Å². The summed E-state index contributed by atoms with van der Waals surface area (Å²) in [5, 5.41) is 0. The molecule has 0 bridgehead atoms. The smallest absolute Gasteiger partial charge is 0.175 e. The van der Waals surface area contributed by atoms with Crippen molar-refractivity contribution in [1.82, 2.24) is 0 Å². The van der Waals surface area contributed by atoms with Crippen molar-refractivity contribution in [3.8, 4) is 11.5 Å². The molecule has 4 heteroatoms. The molecule has 1 aromatic rings. The zero-order valence-corrected chi connectivity index (χ0v) is 12.5. The number of benzene rings is 1. The van der Waals surface area contributed by atoms with Crippen LogP contribution >= 0.6 is 15.9 Å². The van der Waals surface area contributed by atoms with Crippen LogP contribution in [0.1, 0.15) is 37.3 Å². The summed E-state index contributed by atoms with van der Waals surface area (Å²) in [6, 6.07) is 2.13. The minimum Gasteiger partial charge on any atom is -0.489 e. The molecule has 1 aliphatic heterocycles. The van der Waals surface area contributed by atoms with Crippen LogP contribution in [0.15, 0.2) is 10.5 Å². The summed E-state index contributed by atoms with van der Waals surface area (Å²) in [7, 11) is 0. The van der Waals surface area contributed by atoms with Gasteiger partial charge in [-0.1, -0.05) is 13.8 Å². The molecule has 0 saturated heterocycles. The Morgan fingerprint density at radius 3 is 2.61 bits per heavy atom. The van der Waals surface area contributed by atoms with Gasteiger partial charge in [-0.05, 0) is 46.4 Å². The molecule has 0 fully saturated rings. The predicted molar refractivity (Wildman–Crippen MR) is 76.6 cm³/mol. The standard InChI is InChI=1S/C14H20BrNO2/c1-3-10-11(9(2)8-16)7-12(15)14-13(10)17-5-4-6-18-14/h7,9H,3-6,8,16H2,1-2H3. The molecule has 0 saturated carbocycles. The number of fused-ring (bicyclic) bond motifs is 1. The van der Waals surface area contributed by atoms with Gasteiger partial charge in [0.15, 0.2) is 11.5 Å². The van der Waals surface area contributed by atoms with Gasteiger partial charge in [0.25, 0.3) is 0 Å². The molecule has 0 amide bonds. The number of rotatable bonds is 3. The van der Waals surface area contributed by atoms with Crippen molar-refractivity contribution >= 4 is 15.9 Å². The third-order valence-electron chi connectivity index (χ3n) is 3.35. The fraction of sp³-hybridized carbons (Fsp3) is 0.571. The van der Waals surface area contributed by atoms with Gasteiger partial charge in [0, 0.05) is 12.0 Å². The Morgan fingerprint density at radius 1 is 1.33 bits per heavy atom. The highest BCUT2D eigenvalue weighted by molar-refractivity contribution is 9.10. The molecule has 0 radical (unpaired) electrons. The van der Waals surface area contributed by atoms with Crippen LogP contribution in [0.25, 0.3) is 0 Å². The number of hydrogen-bond donors (Lipinski definition) is 1. The van der Waals surface area contributed by atoms with E-state index in [0.29, 0.717) is 25.7 Å². The highest BCUT2D eigenvalue weighted by Crippen LogP contribution is 2.43. The fourth-order valence-corrected chi connectivity index (χ4v) is 2.83. The maximum absolute atomic E-state index is 5.89. The van der Waals surface area contributed by atoms with E-state index in [2.05, 4.69) is 35.8 Å². The highest BCUT2D eigenvalue weighted by atomic mass is 79.9. The first kappa shape index (κ1) is 13.7. The lowest BCUT2D eigenvalue weighted by atomic mass is 9.93. The molecule has 0 spiro atoms. The molecule has 0 aromatic heterocycles. The minimum atomic E-state index is 0.327. The van der Waals surface area contributed by atoms with Gasteiger partial charge in [0.1, 0.15) is 0 Å². The Labute approximate surface area is 117 Å². The van der Waals surface area contributed by atoms with Crippen LogP contribution in [0.3, 0.4) is 0 Å². The molecule has 2 rings (SSSR count).